The maximum Gasteiger partial charge on any atom is -0.0169 e. The highest BCUT2D eigenvalue weighted by molar-refractivity contribution is 4.96. The molecule has 0 aliphatic rings. The third kappa shape index (κ3) is 13.2. The maximum atomic E-state index is 2.32. The molecule has 0 heteroatoms. The largest absolute Gasteiger partial charge is 0.0885 e. The molecule has 0 unspecified atom stereocenters. The molecule has 0 aromatic rings. The summed E-state index contributed by atoms with van der Waals surface area (Å²) in [4.78, 5) is 0. The minimum Gasteiger partial charge on any atom is -0.0885 e. The molecule has 0 bridgehead atoms. The van der Waals surface area contributed by atoms with E-state index in [4.69, 9.17) is 0 Å². The molecule has 0 amide bonds. The van der Waals surface area contributed by atoms with E-state index < -0.39 is 0 Å². The van der Waals surface area contributed by atoms with Gasteiger partial charge in [-0.25, -0.2) is 0 Å². The van der Waals surface area contributed by atoms with Crippen molar-refractivity contribution in [2.75, 3.05) is 0 Å². The zero-order chi connectivity index (χ0) is 11.9. The molecule has 0 aliphatic heterocycles. The number of unbranched alkanes of at least 4 members (excludes halogenated alkanes) is 4. The second kappa shape index (κ2) is 14.2. The molecule has 0 atom stereocenters. The van der Waals surface area contributed by atoms with Crippen molar-refractivity contribution in [2.24, 2.45) is 0 Å². The number of rotatable bonds is 10. The molecule has 0 radical (unpaired) electrons. The Morgan fingerprint density at radius 2 is 1.25 bits per heavy atom. The van der Waals surface area contributed by atoms with Crippen LogP contribution < -0.4 is 0 Å². The summed E-state index contributed by atoms with van der Waals surface area (Å²) in [5.41, 5.74) is 0. The monoisotopic (exact) mass is 220 g/mol. The standard InChI is InChI=1S/C16H28/c1-3-5-7-9-11-13-15-16-14-12-10-8-6-4-2/h5,7,11,13-14,16H,3-4,6,8-10,12,15H2,1-2H3/b7-5-,13-11-,16-14-. The van der Waals surface area contributed by atoms with Crippen LogP contribution in [-0.2, 0) is 0 Å². The molecular formula is C16H28. The predicted molar refractivity (Wildman–Crippen MR) is 75.7 cm³/mol. The molecule has 16 heavy (non-hydrogen) atoms. The summed E-state index contributed by atoms with van der Waals surface area (Å²) < 4.78 is 0. The Morgan fingerprint density at radius 3 is 1.88 bits per heavy atom. The summed E-state index contributed by atoms with van der Waals surface area (Å²) in [5.74, 6) is 0. The van der Waals surface area contributed by atoms with E-state index >= 15 is 0 Å². The third-order valence-electron chi connectivity index (χ3n) is 2.50. The van der Waals surface area contributed by atoms with Crippen LogP contribution in [0.5, 0.6) is 0 Å². The Hall–Kier alpha value is -0.780. The molecule has 92 valence electrons. The smallest absolute Gasteiger partial charge is 0.0169 e. The zero-order valence-corrected chi connectivity index (χ0v) is 11.1. The second-order valence-electron chi connectivity index (χ2n) is 4.14. The normalized spacial score (nSPS) is 12.4. The summed E-state index contributed by atoms with van der Waals surface area (Å²) >= 11 is 0. The summed E-state index contributed by atoms with van der Waals surface area (Å²) in [6.45, 7) is 4.43. The first-order chi connectivity index (χ1) is 7.91. The van der Waals surface area contributed by atoms with Crippen molar-refractivity contribution in [3.05, 3.63) is 36.5 Å². The van der Waals surface area contributed by atoms with E-state index in [1.807, 2.05) is 0 Å². The van der Waals surface area contributed by atoms with Gasteiger partial charge >= 0.3 is 0 Å². The van der Waals surface area contributed by atoms with Gasteiger partial charge in [-0.2, -0.15) is 0 Å². The van der Waals surface area contributed by atoms with Crippen molar-refractivity contribution < 1.29 is 0 Å². The molecule has 0 heterocycles. The van der Waals surface area contributed by atoms with Crippen LogP contribution in [-0.4, -0.2) is 0 Å². The molecule has 0 spiro atoms. The number of hydrogen-bond acceptors (Lipinski definition) is 0. The molecule has 0 saturated carbocycles. The van der Waals surface area contributed by atoms with Gasteiger partial charge in [0.05, 0.1) is 0 Å². The molecule has 0 aliphatic carbocycles. The lowest BCUT2D eigenvalue weighted by molar-refractivity contribution is 0.674. The molecule has 0 saturated heterocycles. The molecule has 0 fully saturated rings. The van der Waals surface area contributed by atoms with Crippen LogP contribution in [0.15, 0.2) is 36.5 Å². The van der Waals surface area contributed by atoms with Gasteiger partial charge in [-0.05, 0) is 32.1 Å². The highest BCUT2D eigenvalue weighted by atomic mass is 13.9. The quantitative estimate of drug-likeness (QED) is 0.321. The lowest BCUT2D eigenvalue weighted by Gasteiger charge is -1.93. The van der Waals surface area contributed by atoms with Gasteiger partial charge in [0.15, 0.2) is 0 Å². The molecule has 0 nitrogen and oxygen atoms in total. The van der Waals surface area contributed by atoms with Gasteiger partial charge in [-0.1, -0.05) is 69.6 Å². The van der Waals surface area contributed by atoms with E-state index in [9.17, 15) is 0 Å². The highest BCUT2D eigenvalue weighted by Gasteiger charge is 1.83. The molecular weight excluding hydrogens is 192 g/mol. The third-order valence-corrected chi connectivity index (χ3v) is 2.50. The molecule has 0 N–H and O–H groups in total. The van der Waals surface area contributed by atoms with Gasteiger partial charge in [-0.3, -0.25) is 0 Å². The zero-order valence-electron chi connectivity index (χ0n) is 11.1. The Bertz CT molecular complexity index is 196. The van der Waals surface area contributed by atoms with Crippen molar-refractivity contribution >= 4 is 0 Å². The molecule has 0 aromatic carbocycles. The lowest BCUT2D eigenvalue weighted by atomic mass is 10.1. The summed E-state index contributed by atoms with van der Waals surface area (Å²) in [6, 6.07) is 0. The van der Waals surface area contributed by atoms with Crippen molar-refractivity contribution in [3.8, 4) is 0 Å². The average Bonchev–Trinajstić information content (AvgIpc) is 2.31. The second-order valence-corrected chi connectivity index (χ2v) is 4.14. The first-order valence-corrected chi connectivity index (χ1v) is 6.86. The topological polar surface area (TPSA) is 0 Å². The van der Waals surface area contributed by atoms with Crippen LogP contribution in [0.25, 0.3) is 0 Å². The summed E-state index contributed by atoms with van der Waals surface area (Å²) in [6.07, 6.45) is 23.6. The van der Waals surface area contributed by atoms with Gasteiger partial charge in [0.25, 0.3) is 0 Å². The van der Waals surface area contributed by atoms with Crippen LogP contribution in [0.3, 0.4) is 0 Å². The van der Waals surface area contributed by atoms with E-state index in [0.29, 0.717) is 0 Å². The van der Waals surface area contributed by atoms with E-state index in [1.54, 1.807) is 0 Å². The van der Waals surface area contributed by atoms with Gasteiger partial charge in [0, 0.05) is 0 Å². The lowest BCUT2D eigenvalue weighted by Crippen LogP contribution is -1.73. The number of allylic oxidation sites excluding steroid dienone is 6. The SMILES string of the molecule is CC/C=C\C/C=C\C/C=C\CCCCCC. The first kappa shape index (κ1) is 15.2. The van der Waals surface area contributed by atoms with Crippen LogP contribution >= 0.6 is 0 Å². The summed E-state index contributed by atoms with van der Waals surface area (Å²) in [5, 5.41) is 0. The van der Waals surface area contributed by atoms with Gasteiger partial charge < -0.3 is 0 Å². The van der Waals surface area contributed by atoms with E-state index in [-0.39, 0.29) is 0 Å². The molecule has 0 rings (SSSR count). The number of hydrogen-bond donors (Lipinski definition) is 0. The van der Waals surface area contributed by atoms with Gasteiger partial charge in [0.1, 0.15) is 0 Å². The predicted octanol–water partition coefficient (Wildman–Crippen LogP) is 5.82. The first-order valence-electron chi connectivity index (χ1n) is 6.86. The highest BCUT2D eigenvalue weighted by Crippen LogP contribution is 2.03. The van der Waals surface area contributed by atoms with Crippen LogP contribution in [0.2, 0.25) is 0 Å². The van der Waals surface area contributed by atoms with E-state index in [0.717, 1.165) is 19.3 Å². The Balaban J connectivity index is 3.23. The van der Waals surface area contributed by atoms with E-state index in [1.165, 1.54) is 32.1 Å². The maximum absolute atomic E-state index is 2.32. The van der Waals surface area contributed by atoms with Gasteiger partial charge in [-0.15, -0.1) is 0 Å². The summed E-state index contributed by atoms with van der Waals surface area (Å²) in [7, 11) is 0. The fourth-order valence-electron chi connectivity index (χ4n) is 1.52. The Morgan fingerprint density at radius 1 is 0.625 bits per heavy atom. The Kier molecular flexibility index (Phi) is 13.5. The van der Waals surface area contributed by atoms with Crippen LogP contribution in [0.4, 0.5) is 0 Å². The van der Waals surface area contributed by atoms with Crippen LogP contribution in [0.1, 0.15) is 65.2 Å². The molecule has 0 aromatic heterocycles. The minimum atomic E-state index is 1.08. The Labute approximate surface area is 102 Å². The fourth-order valence-corrected chi connectivity index (χ4v) is 1.52. The van der Waals surface area contributed by atoms with Gasteiger partial charge in [0.2, 0.25) is 0 Å². The van der Waals surface area contributed by atoms with Crippen molar-refractivity contribution in [2.45, 2.75) is 65.2 Å². The fraction of sp³-hybridized carbons (Fsp3) is 0.625. The van der Waals surface area contributed by atoms with Crippen molar-refractivity contribution in [1.29, 1.82) is 0 Å². The van der Waals surface area contributed by atoms with E-state index in [2.05, 4.69) is 50.3 Å². The average molecular weight is 220 g/mol. The van der Waals surface area contributed by atoms with Crippen LogP contribution in [0, 0.1) is 0 Å². The minimum absolute atomic E-state index is 1.08. The van der Waals surface area contributed by atoms with Crippen molar-refractivity contribution in [3.63, 3.8) is 0 Å². The van der Waals surface area contributed by atoms with Crippen molar-refractivity contribution in [1.82, 2.24) is 0 Å².